The van der Waals surface area contributed by atoms with E-state index in [1.54, 1.807) is 36.3 Å². The third-order valence-corrected chi connectivity index (χ3v) is 4.02. The van der Waals surface area contributed by atoms with Crippen molar-refractivity contribution in [2.24, 2.45) is 0 Å². The van der Waals surface area contributed by atoms with Gasteiger partial charge >= 0.3 is 0 Å². The molecule has 2 heterocycles. The number of hydrogen-bond donors (Lipinski definition) is 2. The molecule has 0 aliphatic rings. The maximum absolute atomic E-state index is 12.1. The lowest BCUT2D eigenvalue weighted by atomic mass is 10.4. The van der Waals surface area contributed by atoms with Gasteiger partial charge < -0.3 is 5.32 Å². The smallest absolute Gasteiger partial charge is 0.244 e. The summed E-state index contributed by atoms with van der Waals surface area (Å²) < 4.78 is 28.4. The van der Waals surface area contributed by atoms with E-state index in [2.05, 4.69) is 20.1 Å². The summed E-state index contributed by atoms with van der Waals surface area (Å²) in [6.45, 7) is 0.740. The summed E-state index contributed by atoms with van der Waals surface area (Å²) in [6.07, 6.45) is 6.28. The summed E-state index contributed by atoms with van der Waals surface area (Å²) in [5.74, 6) is 0. The van der Waals surface area contributed by atoms with Crippen molar-refractivity contribution >= 4 is 15.7 Å². The van der Waals surface area contributed by atoms with Crippen molar-refractivity contribution in [3.05, 3.63) is 36.9 Å². The van der Waals surface area contributed by atoms with Gasteiger partial charge in [0.25, 0.3) is 0 Å². The number of nitrogens with one attached hydrogen (secondary N) is 2. The Kier molecular flexibility index (Phi) is 4.13. The van der Waals surface area contributed by atoms with Gasteiger partial charge in [-0.15, -0.1) is 0 Å². The van der Waals surface area contributed by atoms with Crippen molar-refractivity contribution in [3.8, 4) is 0 Å². The topological polar surface area (TPSA) is 88.9 Å². The molecular weight excluding hydrogens is 266 g/mol. The van der Waals surface area contributed by atoms with Crippen molar-refractivity contribution in [2.45, 2.75) is 11.4 Å². The summed E-state index contributed by atoms with van der Waals surface area (Å²) in [5, 5.41) is 6.83. The maximum atomic E-state index is 12.1. The average Bonchev–Trinajstić information content (AvgIpc) is 2.91. The first-order valence-electron chi connectivity index (χ1n) is 5.72. The normalized spacial score (nSPS) is 11.4. The van der Waals surface area contributed by atoms with Crippen LogP contribution >= 0.6 is 0 Å². The van der Waals surface area contributed by atoms with Crippen LogP contribution in [0.3, 0.4) is 0 Å². The molecule has 2 aromatic rings. The Labute approximate surface area is 111 Å². The van der Waals surface area contributed by atoms with Crippen LogP contribution in [0.4, 0.5) is 5.69 Å². The highest BCUT2D eigenvalue weighted by molar-refractivity contribution is 7.89. The highest BCUT2D eigenvalue weighted by Gasteiger charge is 2.17. The molecule has 7 nitrogen and oxygen atoms in total. The van der Waals surface area contributed by atoms with E-state index < -0.39 is 10.0 Å². The van der Waals surface area contributed by atoms with Gasteiger partial charge in [0.15, 0.2) is 0 Å². The van der Waals surface area contributed by atoms with E-state index >= 15 is 0 Å². The van der Waals surface area contributed by atoms with Gasteiger partial charge in [0, 0.05) is 38.4 Å². The molecule has 2 rings (SSSR count). The summed E-state index contributed by atoms with van der Waals surface area (Å²) in [5.41, 5.74) is 0.515. The summed E-state index contributed by atoms with van der Waals surface area (Å²) >= 11 is 0. The van der Waals surface area contributed by atoms with Crippen LogP contribution in [0.25, 0.3) is 0 Å². The van der Waals surface area contributed by atoms with Crippen molar-refractivity contribution in [2.75, 3.05) is 18.9 Å². The predicted octanol–water partition coefficient (Wildman–Crippen LogP) is 0.298. The Morgan fingerprint density at radius 2 is 2.21 bits per heavy atom. The number of hydrogen-bond acceptors (Lipinski definition) is 5. The maximum Gasteiger partial charge on any atom is 0.244 e. The Morgan fingerprint density at radius 1 is 1.37 bits per heavy atom. The van der Waals surface area contributed by atoms with E-state index in [-0.39, 0.29) is 11.4 Å². The van der Waals surface area contributed by atoms with Crippen LogP contribution in [0.1, 0.15) is 0 Å². The summed E-state index contributed by atoms with van der Waals surface area (Å²) in [6, 6.07) is 3.40. The Morgan fingerprint density at radius 3 is 2.89 bits per heavy atom. The van der Waals surface area contributed by atoms with Crippen LogP contribution in [0, 0.1) is 0 Å². The van der Waals surface area contributed by atoms with Gasteiger partial charge in [0.2, 0.25) is 10.0 Å². The van der Waals surface area contributed by atoms with Crippen molar-refractivity contribution < 1.29 is 8.42 Å². The molecule has 102 valence electrons. The van der Waals surface area contributed by atoms with Crippen molar-refractivity contribution in [1.29, 1.82) is 0 Å². The molecule has 2 aromatic heterocycles. The van der Waals surface area contributed by atoms with E-state index in [4.69, 9.17) is 0 Å². The molecular formula is C11H15N5O2S. The Bertz CT molecular complexity index is 624. The molecule has 0 unspecified atom stereocenters. The zero-order valence-corrected chi connectivity index (χ0v) is 11.3. The number of rotatable bonds is 6. The van der Waals surface area contributed by atoms with Gasteiger partial charge in [-0.05, 0) is 12.1 Å². The van der Waals surface area contributed by atoms with E-state index in [0.29, 0.717) is 12.2 Å². The van der Waals surface area contributed by atoms with E-state index in [1.165, 1.54) is 12.4 Å². The zero-order valence-electron chi connectivity index (χ0n) is 10.4. The van der Waals surface area contributed by atoms with Crippen LogP contribution in [-0.4, -0.2) is 36.8 Å². The van der Waals surface area contributed by atoms with Crippen LogP contribution in [0.15, 0.2) is 41.8 Å². The lowest BCUT2D eigenvalue weighted by molar-refractivity contribution is 0.561. The molecule has 0 spiro atoms. The average molecular weight is 281 g/mol. The number of nitrogens with zero attached hydrogens (tertiary/aromatic N) is 3. The van der Waals surface area contributed by atoms with Crippen LogP contribution < -0.4 is 10.0 Å². The van der Waals surface area contributed by atoms with Gasteiger partial charge in [-0.25, -0.2) is 13.1 Å². The second-order valence-corrected chi connectivity index (χ2v) is 5.52. The molecule has 0 saturated heterocycles. The van der Waals surface area contributed by atoms with Crippen molar-refractivity contribution in [1.82, 2.24) is 19.5 Å². The largest absolute Gasteiger partial charge is 0.387 e. The molecule has 0 aromatic carbocycles. The van der Waals surface area contributed by atoms with E-state index in [1.807, 2.05) is 0 Å². The molecule has 0 aliphatic carbocycles. The monoisotopic (exact) mass is 281 g/mol. The van der Waals surface area contributed by atoms with E-state index in [9.17, 15) is 8.42 Å². The summed E-state index contributed by atoms with van der Waals surface area (Å²) in [4.78, 5) is 3.98. The lowest BCUT2D eigenvalue weighted by Gasteiger charge is -2.10. The van der Waals surface area contributed by atoms with Gasteiger partial charge in [-0.1, -0.05) is 0 Å². The van der Waals surface area contributed by atoms with Crippen LogP contribution in [-0.2, 0) is 16.6 Å². The highest BCUT2D eigenvalue weighted by atomic mass is 32.2. The van der Waals surface area contributed by atoms with Crippen LogP contribution in [0.5, 0.6) is 0 Å². The Hall–Kier alpha value is -1.93. The SMILES string of the molecule is CNc1ccncc1S(=O)(=O)NCCn1cccn1. The molecule has 2 N–H and O–H groups in total. The zero-order chi connectivity index (χ0) is 13.7. The number of aromatic nitrogens is 3. The molecule has 0 aliphatic heterocycles. The fourth-order valence-corrected chi connectivity index (χ4v) is 2.78. The lowest BCUT2D eigenvalue weighted by Crippen LogP contribution is -2.28. The minimum absolute atomic E-state index is 0.137. The molecule has 0 amide bonds. The van der Waals surface area contributed by atoms with Gasteiger partial charge in [0.1, 0.15) is 4.90 Å². The van der Waals surface area contributed by atoms with E-state index in [0.717, 1.165) is 0 Å². The number of pyridine rings is 1. The third kappa shape index (κ3) is 3.30. The quantitative estimate of drug-likeness (QED) is 0.795. The molecule has 8 heteroatoms. The fourth-order valence-electron chi connectivity index (χ4n) is 1.61. The number of sulfonamides is 1. The molecule has 19 heavy (non-hydrogen) atoms. The standard InChI is InChI=1S/C11H15N5O2S/c1-12-10-3-5-13-9-11(10)19(17,18)15-6-8-16-7-2-4-14-16/h2-5,7,9,15H,6,8H2,1H3,(H,12,13). The molecule has 0 fully saturated rings. The first kappa shape index (κ1) is 13.5. The summed E-state index contributed by atoms with van der Waals surface area (Å²) in [7, 11) is -1.91. The van der Waals surface area contributed by atoms with Gasteiger partial charge in [0.05, 0.1) is 12.2 Å². The molecule has 0 radical (unpaired) electrons. The first-order valence-corrected chi connectivity index (χ1v) is 7.20. The van der Waals surface area contributed by atoms with Crippen LogP contribution in [0.2, 0.25) is 0 Å². The second-order valence-electron chi connectivity index (χ2n) is 3.79. The molecule has 0 bridgehead atoms. The van der Waals surface area contributed by atoms with Crippen molar-refractivity contribution in [3.63, 3.8) is 0 Å². The van der Waals surface area contributed by atoms with Gasteiger partial charge in [-0.3, -0.25) is 9.67 Å². The fraction of sp³-hybridized carbons (Fsp3) is 0.273. The number of anilines is 1. The predicted molar refractivity (Wildman–Crippen MR) is 71.2 cm³/mol. The molecule has 0 saturated carbocycles. The first-order chi connectivity index (χ1) is 9.13. The highest BCUT2D eigenvalue weighted by Crippen LogP contribution is 2.18. The minimum Gasteiger partial charge on any atom is -0.387 e. The van der Waals surface area contributed by atoms with Gasteiger partial charge in [-0.2, -0.15) is 5.10 Å². The third-order valence-electron chi connectivity index (χ3n) is 2.54. The molecule has 0 atom stereocenters. The minimum atomic E-state index is -3.57. The second kappa shape index (κ2) is 5.81. The Balaban J connectivity index is 2.05.